The largest absolute Gasteiger partial charge is 0.481 e. The van der Waals surface area contributed by atoms with Crippen molar-refractivity contribution in [2.45, 2.75) is 32.8 Å². The first kappa shape index (κ1) is 13.8. The number of carboxylic acids is 1. The summed E-state index contributed by atoms with van der Waals surface area (Å²) in [6.45, 7) is 4.27. The van der Waals surface area contributed by atoms with Gasteiger partial charge in [0.05, 0.1) is 0 Å². The van der Waals surface area contributed by atoms with Gasteiger partial charge in [-0.25, -0.2) is 0 Å². The van der Waals surface area contributed by atoms with Crippen LogP contribution in [0.5, 0.6) is 0 Å². The van der Waals surface area contributed by atoms with E-state index in [4.69, 9.17) is 21.5 Å². The third-order valence-corrected chi connectivity index (χ3v) is 1.01. The second-order valence-corrected chi connectivity index (χ2v) is 2.43. The Hall–Kier alpha value is -0.770. The molecule has 0 aromatic heterocycles. The molecule has 1 unspecified atom stereocenters. The second kappa shape index (κ2) is 8.33. The van der Waals surface area contributed by atoms with Crippen LogP contribution in [0.25, 0.3) is 0 Å². The molecule has 0 bridgehead atoms. The van der Waals surface area contributed by atoms with Crippen molar-refractivity contribution >= 4 is 23.5 Å². The Morgan fingerprint density at radius 2 is 1.83 bits per heavy atom. The number of carbonyl (C=O) groups is 2. The van der Waals surface area contributed by atoms with Crippen molar-refractivity contribution in [1.82, 2.24) is 0 Å². The van der Waals surface area contributed by atoms with Crippen LogP contribution in [0.1, 0.15) is 27.2 Å². The first-order chi connectivity index (χ1) is 5.40. The van der Waals surface area contributed by atoms with Crippen LogP contribution in [0.15, 0.2) is 0 Å². The summed E-state index contributed by atoms with van der Waals surface area (Å²) in [5, 5.41) is 7.42. The number of aliphatic carboxylic acids is 1. The molecule has 0 aliphatic heterocycles. The van der Waals surface area contributed by atoms with Crippen molar-refractivity contribution in [3.63, 3.8) is 0 Å². The maximum atomic E-state index is 10.1. The van der Waals surface area contributed by atoms with Gasteiger partial charge in [0.15, 0.2) is 5.56 Å². The Labute approximate surface area is 76.5 Å². The summed E-state index contributed by atoms with van der Waals surface area (Å²) >= 11 is 5.42. The van der Waals surface area contributed by atoms with Crippen LogP contribution in [0, 0.1) is 0 Å². The minimum absolute atomic E-state index is 0.327. The van der Waals surface area contributed by atoms with Gasteiger partial charge in [-0.1, -0.05) is 18.5 Å². The van der Waals surface area contributed by atoms with Crippen LogP contribution in [0.3, 0.4) is 0 Å². The molecule has 0 aliphatic rings. The van der Waals surface area contributed by atoms with Gasteiger partial charge in [-0.05, 0) is 6.42 Å². The monoisotopic (exact) mass is 196 g/mol. The lowest BCUT2D eigenvalue weighted by molar-refractivity contribution is -0.142. The zero-order chi connectivity index (χ0) is 10.1. The number of ether oxygens (including phenoxy) is 1. The van der Waals surface area contributed by atoms with Gasteiger partial charge in [0.25, 0.3) is 5.97 Å². The number of esters is 1. The number of carbonyl (C=O) groups excluding carboxylic acids is 1. The van der Waals surface area contributed by atoms with E-state index in [9.17, 15) is 4.79 Å². The SMILES string of the molecule is CC(=O)O.CCC(Cl)OC(C)=O. The van der Waals surface area contributed by atoms with E-state index in [0.29, 0.717) is 6.42 Å². The molecule has 0 fully saturated rings. The van der Waals surface area contributed by atoms with Gasteiger partial charge in [-0.15, -0.1) is 0 Å². The van der Waals surface area contributed by atoms with Gasteiger partial charge in [-0.3, -0.25) is 9.59 Å². The molecule has 12 heavy (non-hydrogen) atoms. The standard InChI is InChI=1S/C5H9ClO2.C2H4O2/c1-3-5(6)8-4(2)7;1-2(3)4/h5H,3H2,1-2H3;1H3,(H,3,4). The molecule has 0 aliphatic carbocycles. The van der Waals surface area contributed by atoms with E-state index in [1.165, 1.54) is 6.92 Å². The fourth-order valence-electron chi connectivity index (χ4n) is 0.263. The molecule has 0 amide bonds. The summed E-state index contributed by atoms with van der Waals surface area (Å²) in [7, 11) is 0. The molecule has 0 saturated heterocycles. The van der Waals surface area contributed by atoms with Gasteiger partial charge >= 0.3 is 5.97 Å². The lowest BCUT2D eigenvalue weighted by Crippen LogP contribution is -2.07. The average molecular weight is 197 g/mol. The molecule has 0 spiro atoms. The molecule has 5 heteroatoms. The lowest BCUT2D eigenvalue weighted by Gasteiger charge is -2.04. The smallest absolute Gasteiger partial charge is 0.304 e. The number of alkyl halides is 1. The van der Waals surface area contributed by atoms with Crippen LogP contribution in [-0.4, -0.2) is 22.6 Å². The summed E-state index contributed by atoms with van der Waals surface area (Å²) in [6.07, 6.45) is 0.654. The fourth-order valence-corrected chi connectivity index (χ4v) is 0.389. The predicted octanol–water partition coefficient (Wildman–Crippen LogP) is 1.62. The van der Waals surface area contributed by atoms with E-state index in [2.05, 4.69) is 4.74 Å². The zero-order valence-corrected chi connectivity index (χ0v) is 8.09. The normalized spacial score (nSPS) is 10.7. The summed E-state index contributed by atoms with van der Waals surface area (Å²) in [5.74, 6) is -1.16. The third kappa shape index (κ3) is 22.9. The summed E-state index contributed by atoms with van der Waals surface area (Å²) in [6, 6.07) is 0. The Balaban J connectivity index is 0. The molecule has 1 atom stereocenters. The van der Waals surface area contributed by atoms with Crippen molar-refractivity contribution in [3.05, 3.63) is 0 Å². The number of hydrogen-bond donors (Lipinski definition) is 1. The van der Waals surface area contributed by atoms with Crippen molar-refractivity contribution < 1.29 is 19.4 Å². The fraction of sp³-hybridized carbons (Fsp3) is 0.714. The Bertz CT molecular complexity index is 142. The molecule has 4 nitrogen and oxygen atoms in total. The van der Waals surface area contributed by atoms with Crippen LogP contribution < -0.4 is 0 Å². The molecule has 1 N–H and O–H groups in total. The Morgan fingerprint density at radius 1 is 1.50 bits per heavy atom. The van der Waals surface area contributed by atoms with Gasteiger partial charge in [0, 0.05) is 13.8 Å². The highest BCUT2D eigenvalue weighted by molar-refractivity contribution is 6.20. The Kier molecular flexibility index (Phi) is 9.57. The highest BCUT2D eigenvalue weighted by Crippen LogP contribution is 2.01. The minimum atomic E-state index is -0.833. The van der Waals surface area contributed by atoms with E-state index in [1.54, 1.807) is 0 Å². The number of rotatable bonds is 2. The molecular weight excluding hydrogens is 184 g/mol. The van der Waals surface area contributed by atoms with Crippen molar-refractivity contribution in [2.24, 2.45) is 0 Å². The topological polar surface area (TPSA) is 63.6 Å². The van der Waals surface area contributed by atoms with E-state index in [0.717, 1.165) is 6.92 Å². The van der Waals surface area contributed by atoms with E-state index in [1.807, 2.05) is 6.92 Å². The van der Waals surface area contributed by atoms with E-state index in [-0.39, 0.29) is 5.97 Å². The van der Waals surface area contributed by atoms with Gasteiger partial charge in [0.1, 0.15) is 0 Å². The summed E-state index contributed by atoms with van der Waals surface area (Å²) in [5.41, 5.74) is -0.451. The summed E-state index contributed by atoms with van der Waals surface area (Å²) < 4.78 is 4.53. The van der Waals surface area contributed by atoms with Crippen LogP contribution >= 0.6 is 11.6 Å². The van der Waals surface area contributed by atoms with Crippen LogP contribution in [0.4, 0.5) is 0 Å². The molecule has 72 valence electrons. The molecular formula is C7H13ClO4. The first-order valence-corrected chi connectivity index (χ1v) is 3.84. The van der Waals surface area contributed by atoms with Gasteiger partial charge in [0.2, 0.25) is 0 Å². The highest BCUT2D eigenvalue weighted by Gasteiger charge is 2.01. The molecule has 0 heterocycles. The first-order valence-electron chi connectivity index (χ1n) is 3.41. The summed E-state index contributed by atoms with van der Waals surface area (Å²) in [4.78, 5) is 19.1. The molecule has 0 aromatic rings. The zero-order valence-electron chi connectivity index (χ0n) is 7.33. The van der Waals surface area contributed by atoms with Crippen LogP contribution in [0.2, 0.25) is 0 Å². The highest BCUT2D eigenvalue weighted by atomic mass is 35.5. The van der Waals surface area contributed by atoms with Crippen LogP contribution in [-0.2, 0) is 14.3 Å². The van der Waals surface area contributed by atoms with E-state index < -0.39 is 11.5 Å². The molecule has 0 rings (SSSR count). The number of hydrogen-bond acceptors (Lipinski definition) is 3. The Morgan fingerprint density at radius 3 is 1.92 bits per heavy atom. The number of carboxylic acid groups (broad SMARTS) is 1. The molecule has 0 radical (unpaired) electrons. The lowest BCUT2D eigenvalue weighted by atomic mass is 10.5. The average Bonchev–Trinajstić information content (AvgIpc) is 1.84. The second-order valence-electron chi connectivity index (χ2n) is 1.95. The van der Waals surface area contributed by atoms with Gasteiger partial charge < -0.3 is 9.84 Å². The van der Waals surface area contributed by atoms with Crippen molar-refractivity contribution in [1.29, 1.82) is 0 Å². The third-order valence-electron chi connectivity index (χ3n) is 0.615. The minimum Gasteiger partial charge on any atom is -0.481 e. The molecule has 0 saturated carbocycles. The predicted molar refractivity (Wildman–Crippen MR) is 45.0 cm³/mol. The van der Waals surface area contributed by atoms with E-state index >= 15 is 0 Å². The van der Waals surface area contributed by atoms with Crippen molar-refractivity contribution in [3.8, 4) is 0 Å². The van der Waals surface area contributed by atoms with Gasteiger partial charge in [-0.2, -0.15) is 0 Å². The quantitative estimate of drug-likeness (QED) is 0.539. The maximum absolute atomic E-state index is 10.1. The maximum Gasteiger partial charge on any atom is 0.304 e. The molecule has 0 aromatic carbocycles. The number of halogens is 1. The van der Waals surface area contributed by atoms with Crippen molar-refractivity contribution in [2.75, 3.05) is 0 Å².